The molecule has 2 aliphatic rings. The average molecular weight is 319 g/mol. The molecule has 0 amide bonds. The minimum atomic E-state index is -3.28. The summed E-state index contributed by atoms with van der Waals surface area (Å²) in [4.78, 5) is 0. The van der Waals surface area contributed by atoms with Gasteiger partial charge in [0.05, 0.1) is 0 Å². The van der Waals surface area contributed by atoms with Crippen LogP contribution in [0.5, 0.6) is 0 Å². The summed E-state index contributed by atoms with van der Waals surface area (Å²) in [6.45, 7) is 4.21. The maximum Gasteiger partial charge on any atom is 0.281 e. The minimum absolute atomic E-state index is 0.435. The molecule has 2 rings (SSSR count). The van der Waals surface area contributed by atoms with Crippen molar-refractivity contribution in [1.29, 1.82) is 0 Å². The third kappa shape index (κ3) is 4.39. The first kappa shape index (κ1) is 17.1. The second-order valence-corrected chi connectivity index (χ2v) is 8.16. The van der Waals surface area contributed by atoms with Gasteiger partial charge in [-0.15, -0.1) is 0 Å². The van der Waals surface area contributed by atoms with Crippen molar-refractivity contribution in [2.45, 2.75) is 25.7 Å². The highest BCUT2D eigenvalue weighted by Crippen LogP contribution is 2.25. The fraction of sp³-hybridized carbons (Fsp3) is 1.00. The highest BCUT2D eigenvalue weighted by Gasteiger charge is 2.35. The van der Waals surface area contributed by atoms with Crippen LogP contribution in [0.4, 0.5) is 0 Å². The van der Waals surface area contributed by atoms with Gasteiger partial charge >= 0.3 is 0 Å². The summed E-state index contributed by atoms with van der Waals surface area (Å²) in [5.41, 5.74) is 0. The van der Waals surface area contributed by atoms with Gasteiger partial charge < -0.3 is 10.1 Å². The maximum absolute atomic E-state index is 12.8. The first-order valence-electron chi connectivity index (χ1n) is 7.96. The van der Waals surface area contributed by atoms with Gasteiger partial charge in [-0.25, -0.2) is 0 Å². The smallest absolute Gasteiger partial charge is 0.281 e. The fourth-order valence-corrected chi connectivity index (χ4v) is 5.16. The lowest BCUT2D eigenvalue weighted by Gasteiger charge is -2.38. The molecular formula is C14H29N3O3S. The Bertz CT molecular complexity index is 406. The molecule has 6 nitrogen and oxygen atoms in total. The number of rotatable bonds is 6. The second kappa shape index (κ2) is 7.87. The lowest BCUT2D eigenvalue weighted by atomic mass is 9.99. The SMILES string of the molecule is CNCC1CCCN(S(=O)(=O)N2CCC(COC)CC2)C1. The van der Waals surface area contributed by atoms with E-state index in [1.165, 1.54) is 0 Å². The molecule has 2 heterocycles. The van der Waals surface area contributed by atoms with Crippen LogP contribution in [0.3, 0.4) is 0 Å². The van der Waals surface area contributed by atoms with E-state index in [9.17, 15) is 8.42 Å². The van der Waals surface area contributed by atoms with Crippen LogP contribution in [-0.4, -0.2) is 70.5 Å². The van der Waals surface area contributed by atoms with Crippen LogP contribution >= 0.6 is 0 Å². The number of ether oxygens (including phenoxy) is 1. The Morgan fingerprint density at radius 2 is 1.81 bits per heavy atom. The second-order valence-electron chi connectivity index (χ2n) is 6.23. The molecule has 0 bridgehead atoms. The van der Waals surface area contributed by atoms with E-state index in [0.717, 1.165) is 38.8 Å². The molecule has 1 unspecified atom stereocenters. The number of nitrogens with zero attached hydrogens (tertiary/aromatic N) is 2. The Hall–Kier alpha value is -0.210. The van der Waals surface area contributed by atoms with E-state index in [4.69, 9.17) is 4.74 Å². The molecule has 0 radical (unpaired) electrons. The maximum atomic E-state index is 12.8. The van der Waals surface area contributed by atoms with Gasteiger partial charge in [0.15, 0.2) is 0 Å². The normalized spacial score (nSPS) is 27.0. The first-order chi connectivity index (χ1) is 10.1. The van der Waals surface area contributed by atoms with Crippen molar-refractivity contribution in [2.24, 2.45) is 11.8 Å². The van der Waals surface area contributed by atoms with E-state index in [1.807, 2.05) is 7.05 Å². The predicted octanol–water partition coefficient (Wildman–Crippen LogP) is 0.521. The first-order valence-corrected chi connectivity index (χ1v) is 9.36. The quantitative estimate of drug-likeness (QED) is 0.775. The molecule has 0 aromatic heterocycles. The van der Waals surface area contributed by atoms with Crippen LogP contribution in [0, 0.1) is 11.8 Å². The monoisotopic (exact) mass is 319 g/mol. The van der Waals surface area contributed by atoms with Gasteiger partial charge in [0.25, 0.3) is 10.2 Å². The number of nitrogens with one attached hydrogen (secondary N) is 1. The van der Waals surface area contributed by atoms with Crippen LogP contribution in [0.2, 0.25) is 0 Å². The summed E-state index contributed by atoms with van der Waals surface area (Å²) >= 11 is 0. The molecule has 2 fully saturated rings. The lowest BCUT2D eigenvalue weighted by Crippen LogP contribution is -2.51. The van der Waals surface area contributed by atoms with E-state index >= 15 is 0 Å². The van der Waals surface area contributed by atoms with Crippen LogP contribution in [0.15, 0.2) is 0 Å². The molecule has 0 spiro atoms. The number of piperidine rings is 2. The van der Waals surface area contributed by atoms with Gasteiger partial charge in [0, 0.05) is 39.9 Å². The van der Waals surface area contributed by atoms with Gasteiger partial charge in [-0.3, -0.25) is 0 Å². The van der Waals surface area contributed by atoms with Gasteiger partial charge in [-0.05, 0) is 51.1 Å². The highest BCUT2D eigenvalue weighted by atomic mass is 32.2. The molecule has 0 aromatic rings. The predicted molar refractivity (Wildman–Crippen MR) is 83.3 cm³/mol. The Morgan fingerprint density at radius 1 is 1.10 bits per heavy atom. The third-order valence-corrected chi connectivity index (χ3v) is 6.60. The number of methoxy groups -OCH3 is 1. The van der Waals surface area contributed by atoms with E-state index in [0.29, 0.717) is 38.0 Å². The zero-order chi connectivity index (χ0) is 15.3. The van der Waals surface area contributed by atoms with Crippen molar-refractivity contribution in [2.75, 3.05) is 53.5 Å². The molecule has 2 aliphatic heterocycles. The largest absolute Gasteiger partial charge is 0.384 e. The van der Waals surface area contributed by atoms with E-state index in [1.54, 1.807) is 15.7 Å². The van der Waals surface area contributed by atoms with E-state index in [2.05, 4.69) is 5.32 Å². The standard InChI is InChI=1S/C14H29N3O3S/c1-15-10-14-4-3-7-17(11-14)21(18,19)16-8-5-13(6-9-16)12-20-2/h13-15H,3-12H2,1-2H3. The van der Waals surface area contributed by atoms with E-state index < -0.39 is 10.2 Å². The topological polar surface area (TPSA) is 61.9 Å². The van der Waals surface area contributed by atoms with Crippen molar-refractivity contribution in [1.82, 2.24) is 13.9 Å². The summed E-state index contributed by atoms with van der Waals surface area (Å²) in [7, 11) is 0.355. The van der Waals surface area contributed by atoms with Crippen molar-refractivity contribution >= 4 is 10.2 Å². The Morgan fingerprint density at radius 3 is 2.43 bits per heavy atom. The number of hydrogen-bond acceptors (Lipinski definition) is 4. The van der Waals surface area contributed by atoms with Crippen LogP contribution in [-0.2, 0) is 14.9 Å². The summed E-state index contributed by atoms with van der Waals surface area (Å²) in [6.07, 6.45) is 3.89. The average Bonchev–Trinajstić information content (AvgIpc) is 2.49. The minimum Gasteiger partial charge on any atom is -0.384 e. The van der Waals surface area contributed by atoms with Gasteiger partial charge in [0.2, 0.25) is 0 Å². The lowest BCUT2D eigenvalue weighted by molar-refractivity contribution is 0.118. The fourth-order valence-electron chi connectivity index (χ4n) is 3.40. The molecule has 0 aromatic carbocycles. The molecule has 124 valence electrons. The summed E-state index contributed by atoms with van der Waals surface area (Å²) in [5.74, 6) is 0.935. The molecule has 0 saturated carbocycles. The summed E-state index contributed by atoms with van der Waals surface area (Å²) in [5, 5.41) is 3.16. The molecule has 1 atom stereocenters. The van der Waals surface area contributed by atoms with Gasteiger partial charge in [-0.1, -0.05) is 0 Å². The van der Waals surface area contributed by atoms with Crippen LogP contribution < -0.4 is 5.32 Å². The Kier molecular flexibility index (Phi) is 6.43. The Balaban J connectivity index is 1.92. The third-order valence-electron chi connectivity index (χ3n) is 4.60. The van der Waals surface area contributed by atoms with Crippen molar-refractivity contribution in [3.63, 3.8) is 0 Å². The summed E-state index contributed by atoms with van der Waals surface area (Å²) in [6, 6.07) is 0. The molecule has 7 heteroatoms. The van der Waals surface area contributed by atoms with Gasteiger partial charge in [0.1, 0.15) is 0 Å². The van der Waals surface area contributed by atoms with Crippen molar-refractivity contribution < 1.29 is 13.2 Å². The number of hydrogen-bond donors (Lipinski definition) is 1. The summed E-state index contributed by atoms with van der Waals surface area (Å²) < 4.78 is 34.0. The van der Waals surface area contributed by atoms with Crippen molar-refractivity contribution in [3.8, 4) is 0 Å². The highest BCUT2D eigenvalue weighted by molar-refractivity contribution is 7.86. The molecule has 2 saturated heterocycles. The van der Waals surface area contributed by atoms with Crippen molar-refractivity contribution in [3.05, 3.63) is 0 Å². The molecule has 21 heavy (non-hydrogen) atoms. The van der Waals surface area contributed by atoms with Crippen LogP contribution in [0.1, 0.15) is 25.7 Å². The zero-order valence-electron chi connectivity index (χ0n) is 13.3. The molecule has 1 N–H and O–H groups in total. The van der Waals surface area contributed by atoms with Gasteiger partial charge in [-0.2, -0.15) is 17.0 Å². The van der Waals surface area contributed by atoms with Crippen LogP contribution in [0.25, 0.3) is 0 Å². The molecular weight excluding hydrogens is 290 g/mol. The zero-order valence-corrected chi connectivity index (χ0v) is 14.1. The van der Waals surface area contributed by atoms with E-state index in [-0.39, 0.29) is 0 Å². The Labute approximate surface area is 129 Å². The molecule has 0 aliphatic carbocycles.